The number of rotatable bonds is 4. The van der Waals surface area contributed by atoms with Gasteiger partial charge < -0.3 is 11.1 Å². The van der Waals surface area contributed by atoms with Gasteiger partial charge in [-0.2, -0.15) is 0 Å². The molecule has 0 bridgehead atoms. The molecule has 98 valence electrons. The smallest absolute Gasteiger partial charge is 0.269 e. The van der Waals surface area contributed by atoms with Gasteiger partial charge in [0.15, 0.2) is 5.69 Å². The van der Waals surface area contributed by atoms with Crippen molar-refractivity contribution in [2.24, 2.45) is 5.73 Å². The van der Waals surface area contributed by atoms with Crippen molar-refractivity contribution in [2.45, 2.75) is 13.0 Å². The minimum atomic E-state index is -0.595. The van der Waals surface area contributed by atoms with E-state index in [9.17, 15) is 4.79 Å². The van der Waals surface area contributed by atoms with E-state index in [0.717, 1.165) is 5.56 Å². The zero-order chi connectivity index (χ0) is 13.8. The van der Waals surface area contributed by atoms with E-state index in [1.807, 2.05) is 31.2 Å². The highest BCUT2D eigenvalue weighted by atomic mass is 35.5. The minimum Gasteiger partial charge on any atom is -0.364 e. The highest BCUT2D eigenvalue weighted by molar-refractivity contribution is 6.30. The van der Waals surface area contributed by atoms with Gasteiger partial charge in [-0.05, 0) is 36.8 Å². The Morgan fingerprint density at radius 3 is 2.68 bits per heavy atom. The van der Waals surface area contributed by atoms with Crippen LogP contribution in [0.3, 0.4) is 0 Å². The molecule has 1 heterocycles. The van der Waals surface area contributed by atoms with Crippen LogP contribution in [0.25, 0.3) is 0 Å². The lowest BCUT2D eigenvalue weighted by Gasteiger charge is -2.14. The largest absolute Gasteiger partial charge is 0.364 e. The molecule has 0 spiro atoms. The van der Waals surface area contributed by atoms with E-state index in [4.69, 9.17) is 17.3 Å². The predicted molar refractivity (Wildman–Crippen MR) is 74.0 cm³/mol. The van der Waals surface area contributed by atoms with Crippen LogP contribution >= 0.6 is 11.6 Å². The normalized spacial score (nSPS) is 11.9. The van der Waals surface area contributed by atoms with Gasteiger partial charge in [0, 0.05) is 5.02 Å². The van der Waals surface area contributed by atoms with Crippen LogP contribution in [0.1, 0.15) is 29.0 Å². The molecule has 0 fully saturated rings. The van der Waals surface area contributed by atoms with E-state index in [1.54, 1.807) is 6.07 Å². The van der Waals surface area contributed by atoms with Crippen LogP contribution in [0, 0.1) is 0 Å². The zero-order valence-electron chi connectivity index (χ0n) is 10.3. The lowest BCUT2D eigenvalue weighted by Crippen LogP contribution is -2.15. The number of carbonyl (C=O) groups excluding carboxylic acids is 1. The molecular weight excluding hydrogens is 264 g/mol. The predicted octanol–water partition coefficient (Wildman–Crippen LogP) is 2.40. The molecule has 0 saturated carbocycles. The molecule has 0 radical (unpaired) electrons. The van der Waals surface area contributed by atoms with Crippen molar-refractivity contribution in [2.75, 3.05) is 5.32 Å². The Labute approximate surface area is 115 Å². The Balaban J connectivity index is 2.10. The van der Waals surface area contributed by atoms with Crippen LogP contribution in [-0.4, -0.2) is 16.1 Å². The first-order chi connectivity index (χ1) is 9.06. The Kier molecular flexibility index (Phi) is 3.97. The van der Waals surface area contributed by atoms with Crippen LogP contribution in [0.15, 0.2) is 36.4 Å². The van der Waals surface area contributed by atoms with Crippen molar-refractivity contribution in [3.8, 4) is 0 Å². The molecule has 0 saturated heterocycles. The number of nitrogens with two attached hydrogens (primary N) is 1. The summed E-state index contributed by atoms with van der Waals surface area (Å²) in [4.78, 5) is 10.9. The van der Waals surface area contributed by atoms with Gasteiger partial charge in [0.05, 0.1) is 6.04 Å². The van der Waals surface area contributed by atoms with Gasteiger partial charge in [0.2, 0.25) is 0 Å². The second-order valence-electron chi connectivity index (χ2n) is 4.09. The number of anilines is 1. The summed E-state index contributed by atoms with van der Waals surface area (Å²) in [5.74, 6) is -0.0283. The van der Waals surface area contributed by atoms with Crippen molar-refractivity contribution in [1.82, 2.24) is 10.2 Å². The Bertz CT molecular complexity index is 585. The van der Waals surface area contributed by atoms with E-state index in [-0.39, 0.29) is 11.7 Å². The monoisotopic (exact) mass is 276 g/mol. The topological polar surface area (TPSA) is 80.9 Å². The fourth-order valence-corrected chi connectivity index (χ4v) is 1.82. The maximum Gasteiger partial charge on any atom is 0.269 e. The molecule has 5 nitrogen and oxygen atoms in total. The molecule has 3 N–H and O–H groups in total. The first-order valence-corrected chi connectivity index (χ1v) is 6.09. The molecule has 1 aromatic heterocycles. The molecule has 0 aliphatic heterocycles. The SMILES string of the molecule is CC(Nc1ccc(C(N)=O)nn1)c1cccc(Cl)c1. The first kappa shape index (κ1) is 13.3. The molecule has 1 amide bonds. The lowest BCUT2D eigenvalue weighted by molar-refractivity contribution is 0.0994. The number of nitrogens with one attached hydrogen (secondary N) is 1. The summed E-state index contributed by atoms with van der Waals surface area (Å²) < 4.78 is 0. The maximum absolute atomic E-state index is 10.9. The van der Waals surface area contributed by atoms with E-state index >= 15 is 0 Å². The van der Waals surface area contributed by atoms with E-state index in [2.05, 4.69) is 15.5 Å². The van der Waals surface area contributed by atoms with Crippen LogP contribution in [0.4, 0.5) is 5.82 Å². The number of halogens is 1. The Morgan fingerprint density at radius 2 is 2.11 bits per heavy atom. The molecule has 1 aromatic carbocycles. The van der Waals surface area contributed by atoms with E-state index < -0.39 is 5.91 Å². The molecular formula is C13H13ClN4O. The van der Waals surface area contributed by atoms with Crippen molar-refractivity contribution < 1.29 is 4.79 Å². The van der Waals surface area contributed by atoms with Crippen LogP contribution in [0.5, 0.6) is 0 Å². The van der Waals surface area contributed by atoms with Gasteiger partial charge in [0.1, 0.15) is 5.82 Å². The van der Waals surface area contributed by atoms with Crippen LogP contribution in [0.2, 0.25) is 5.02 Å². The number of hydrogen-bond donors (Lipinski definition) is 2. The van der Waals surface area contributed by atoms with Crippen molar-refractivity contribution in [3.05, 3.63) is 52.7 Å². The third-order valence-electron chi connectivity index (χ3n) is 2.63. The molecule has 0 aliphatic rings. The number of nitrogens with zero attached hydrogens (tertiary/aromatic N) is 2. The van der Waals surface area contributed by atoms with Gasteiger partial charge in [-0.1, -0.05) is 23.7 Å². The summed E-state index contributed by atoms with van der Waals surface area (Å²) in [6.45, 7) is 1.98. The number of amides is 1. The third kappa shape index (κ3) is 3.42. The van der Waals surface area contributed by atoms with Gasteiger partial charge in [-0.3, -0.25) is 4.79 Å². The fraction of sp³-hybridized carbons (Fsp3) is 0.154. The Morgan fingerprint density at radius 1 is 1.32 bits per heavy atom. The molecule has 6 heteroatoms. The van der Waals surface area contributed by atoms with Gasteiger partial charge in [-0.15, -0.1) is 10.2 Å². The summed E-state index contributed by atoms with van der Waals surface area (Å²) >= 11 is 5.94. The zero-order valence-corrected chi connectivity index (χ0v) is 11.1. The molecule has 2 rings (SSSR count). The van der Waals surface area contributed by atoms with Crippen molar-refractivity contribution in [3.63, 3.8) is 0 Å². The molecule has 0 aliphatic carbocycles. The summed E-state index contributed by atoms with van der Waals surface area (Å²) in [7, 11) is 0. The third-order valence-corrected chi connectivity index (χ3v) is 2.87. The number of hydrogen-bond acceptors (Lipinski definition) is 4. The average Bonchev–Trinajstić information content (AvgIpc) is 2.39. The minimum absolute atomic E-state index is 0.0208. The fourth-order valence-electron chi connectivity index (χ4n) is 1.62. The standard InChI is InChI=1S/C13H13ClN4O/c1-8(9-3-2-4-10(14)7-9)16-12-6-5-11(13(15)19)17-18-12/h2-8H,1H3,(H2,15,19)(H,16,18). The van der Waals surface area contributed by atoms with E-state index in [0.29, 0.717) is 10.8 Å². The quantitative estimate of drug-likeness (QED) is 0.898. The van der Waals surface area contributed by atoms with Crippen LogP contribution < -0.4 is 11.1 Å². The second kappa shape index (κ2) is 5.67. The van der Waals surface area contributed by atoms with E-state index in [1.165, 1.54) is 6.07 Å². The molecule has 2 aromatic rings. The average molecular weight is 277 g/mol. The number of carbonyl (C=O) groups is 1. The number of aromatic nitrogens is 2. The lowest BCUT2D eigenvalue weighted by atomic mass is 10.1. The molecule has 1 atom stereocenters. The number of benzene rings is 1. The van der Waals surface area contributed by atoms with Crippen molar-refractivity contribution >= 4 is 23.3 Å². The first-order valence-electron chi connectivity index (χ1n) is 5.72. The summed E-state index contributed by atoms with van der Waals surface area (Å²) in [6, 6.07) is 10.8. The summed E-state index contributed by atoms with van der Waals surface area (Å²) in [6.07, 6.45) is 0. The number of primary amides is 1. The van der Waals surface area contributed by atoms with Crippen LogP contribution in [-0.2, 0) is 0 Å². The highest BCUT2D eigenvalue weighted by Gasteiger charge is 2.08. The maximum atomic E-state index is 10.9. The van der Waals surface area contributed by atoms with Crippen molar-refractivity contribution in [1.29, 1.82) is 0 Å². The second-order valence-corrected chi connectivity index (χ2v) is 4.53. The molecule has 19 heavy (non-hydrogen) atoms. The highest BCUT2D eigenvalue weighted by Crippen LogP contribution is 2.20. The van der Waals surface area contributed by atoms with Gasteiger partial charge in [0.25, 0.3) is 5.91 Å². The molecule has 1 unspecified atom stereocenters. The summed E-state index contributed by atoms with van der Waals surface area (Å²) in [5.41, 5.74) is 6.27. The van der Waals surface area contributed by atoms with Gasteiger partial charge >= 0.3 is 0 Å². The van der Waals surface area contributed by atoms with Gasteiger partial charge in [-0.25, -0.2) is 0 Å². The summed E-state index contributed by atoms with van der Waals surface area (Å²) in [5, 5.41) is 11.5. The Hall–Kier alpha value is -2.14.